The molecule has 0 saturated heterocycles. The van der Waals surface area contributed by atoms with Gasteiger partial charge in [-0.25, -0.2) is 0 Å². The summed E-state index contributed by atoms with van der Waals surface area (Å²) in [6.07, 6.45) is 2.90. The van der Waals surface area contributed by atoms with Gasteiger partial charge in [0.25, 0.3) is 0 Å². The molecule has 0 bridgehead atoms. The van der Waals surface area contributed by atoms with Gasteiger partial charge in [-0.05, 0) is 16.7 Å². The van der Waals surface area contributed by atoms with E-state index in [0.717, 1.165) is 11.1 Å². The molecule has 0 spiro atoms. The molecule has 0 radical (unpaired) electrons. The van der Waals surface area contributed by atoms with Crippen LogP contribution in [-0.4, -0.2) is 14.9 Å². The molecule has 0 amide bonds. The summed E-state index contributed by atoms with van der Waals surface area (Å²) in [5, 5.41) is 14.3. The predicted octanol–water partition coefficient (Wildman–Crippen LogP) is 1.53. The molecule has 1 atom stereocenters. The maximum atomic E-state index is 10.2. The third-order valence-corrected chi connectivity index (χ3v) is 3.10. The molecule has 3 rings (SSSR count). The lowest BCUT2D eigenvalue weighted by atomic mass is 10.00. The molecule has 88 valence electrons. The lowest BCUT2D eigenvalue weighted by Gasteiger charge is -2.10. The molecule has 4 heteroatoms. The third kappa shape index (κ3) is 1.85. The number of ether oxygens (including phenoxy) is 1. The molecule has 1 aliphatic rings. The lowest BCUT2D eigenvalue weighted by Crippen LogP contribution is -1.99. The average Bonchev–Trinajstić information content (AvgIpc) is 2.95. The Morgan fingerprint density at radius 2 is 2.12 bits per heavy atom. The van der Waals surface area contributed by atoms with E-state index in [1.54, 1.807) is 10.9 Å². The van der Waals surface area contributed by atoms with Crippen LogP contribution in [0.2, 0.25) is 0 Å². The van der Waals surface area contributed by atoms with Gasteiger partial charge in [0.2, 0.25) is 0 Å². The molecule has 1 aliphatic heterocycles. The monoisotopic (exact) mass is 230 g/mol. The van der Waals surface area contributed by atoms with E-state index in [4.69, 9.17) is 4.74 Å². The fourth-order valence-corrected chi connectivity index (χ4v) is 2.14. The van der Waals surface area contributed by atoms with Gasteiger partial charge in [0.15, 0.2) is 0 Å². The molecule has 2 aromatic rings. The summed E-state index contributed by atoms with van der Waals surface area (Å²) in [5.74, 6) is 0. The molecule has 2 heterocycles. The zero-order chi connectivity index (χ0) is 11.8. The van der Waals surface area contributed by atoms with Crippen molar-refractivity contribution in [1.29, 1.82) is 0 Å². The fourth-order valence-electron chi connectivity index (χ4n) is 2.14. The number of rotatable bonds is 2. The number of hydrogen-bond donors (Lipinski definition) is 1. The number of aliphatic hydroxyl groups is 1. The van der Waals surface area contributed by atoms with Crippen LogP contribution in [0, 0.1) is 0 Å². The topological polar surface area (TPSA) is 47.3 Å². The SMILES string of the molecule is Cn1cc(C(O)c2ccc3c(c2)COC3)cn1. The van der Waals surface area contributed by atoms with E-state index in [1.165, 1.54) is 11.1 Å². The summed E-state index contributed by atoms with van der Waals surface area (Å²) in [5.41, 5.74) is 4.09. The summed E-state index contributed by atoms with van der Waals surface area (Å²) >= 11 is 0. The molecule has 1 N–H and O–H groups in total. The second kappa shape index (κ2) is 3.98. The van der Waals surface area contributed by atoms with Crippen molar-refractivity contribution in [1.82, 2.24) is 9.78 Å². The first-order valence-electron chi connectivity index (χ1n) is 5.60. The fraction of sp³-hybridized carbons (Fsp3) is 0.308. The summed E-state index contributed by atoms with van der Waals surface area (Å²) in [6, 6.07) is 5.99. The van der Waals surface area contributed by atoms with Crippen molar-refractivity contribution in [2.75, 3.05) is 0 Å². The number of aromatic nitrogens is 2. The number of aryl methyl sites for hydroxylation is 1. The number of nitrogens with zero attached hydrogens (tertiary/aromatic N) is 2. The van der Waals surface area contributed by atoms with Crippen molar-refractivity contribution in [2.45, 2.75) is 19.3 Å². The second-order valence-corrected chi connectivity index (χ2v) is 4.37. The molecule has 0 fully saturated rings. The minimum atomic E-state index is -0.616. The van der Waals surface area contributed by atoms with Crippen molar-refractivity contribution in [3.63, 3.8) is 0 Å². The summed E-state index contributed by atoms with van der Waals surface area (Å²) in [6.45, 7) is 1.32. The number of aliphatic hydroxyl groups excluding tert-OH is 1. The zero-order valence-corrected chi connectivity index (χ0v) is 9.63. The Morgan fingerprint density at radius 1 is 1.29 bits per heavy atom. The van der Waals surface area contributed by atoms with Gasteiger partial charge in [-0.15, -0.1) is 0 Å². The van der Waals surface area contributed by atoms with Crippen LogP contribution in [0.1, 0.15) is 28.4 Å². The van der Waals surface area contributed by atoms with E-state index in [2.05, 4.69) is 5.10 Å². The number of fused-ring (bicyclic) bond motifs is 1. The maximum Gasteiger partial charge on any atom is 0.107 e. The van der Waals surface area contributed by atoms with E-state index in [1.807, 2.05) is 31.4 Å². The van der Waals surface area contributed by atoms with Gasteiger partial charge in [0.1, 0.15) is 6.10 Å². The highest BCUT2D eigenvalue weighted by atomic mass is 16.5. The molecule has 0 aliphatic carbocycles. The second-order valence-electron chi connectivity index (χ2n) is 4.37. The minimum Gasteiger partial charge on any atom is -0.384 e. The minimum absolute atomic E-state index is 0.616. The lowest BCUT2D eigenvalue weighted by molar-refractivity contribution is 0.134. The van der Waals surface area contributed by atoms with Crippen molar-refractivity contribution < 1.29 is 9.84 Å². The van der Waals surface area contributed by atoms with Crippen LogP contribution in [0.5, 0.6) is 0 Å². The zero-order valence-electron chi connectivity index (χ0n) is 9.63. The highest BCUT2D eigenvalue weighted by Crippen LogP contribution is 2.27. The van der Waals surface area contributed by atoms with Crippen LogP contribution in [0.15, 0.2) is 30.6 Å². The Labute approximate surface area is 99.5 Å². The van der Waals surface area contributed by atoms with Crippen LogP contribution in [0.25, 0.3) is 0 Å². The van der Waals surface area contributed by atoms with Crippen molar-refractivity contribution in [2.24, 2.45) is 7.05 Å². The average molecular weight is 230 g/mol. The first kappa shape index (κ1) is 10.5. The molecule has 0 saturated carbocycles. The van der Waals surface area contributed by atoms with E-state index in [0.29, 0.717) is 13.2 Å². The third-order valence-electron chi connectivity index (χ3n) is 3.10. The Morgan fingerprint density at radius 3 is 2.88 bits per heavy atom. The van der Waals surface area contributed by atoms with Crippen LogP contribution in [0.3, 0.4) is 0 Å². The van der Waals surface area contributed by atoms with E-state index < -0.39 is 6.10 Å². The molecule has 1 aromatic heterocycles. The highest BCUT2D eigenvalue weighted by Gasteiger charge is 2.16. The summed E-state index contributed by atoms with van der Waals surface area (Å²) in [4.78, 5) is 0. The van der Waals surface area contributed by atoms with Crippen LogP contribution < -0.4 is 0 Å². The van der Waals surface area contributed by atoms with Crippen LogP contribution >= 0.6 is 0 Å². The van der Waals surface area contributed by atoms with E-state index in [9.17, 15) is 5.11 Å². The highest BCUT2D eigenvalue weighted by molar-refractivity contribution is 5.36. The first-order chi connectivity index (χ1) is 8.24. The number of hydrogen-bond acceptors (Lipinski definition) is 3. The normalized spacial score (nSPS) is 15.9. The molecular formula is C13H14N2O2. The van der Waals surface area contributed by atoms with E-state index in [-0.39, 0.29) is 0 Å². The van der Waals surface area contributed by atoms with Gasteiger partial charge in [-0.1, -0.05) is 18.2 Å². The van der Waals surface area contributed by atoms with Gasteiger partial charge in [0.05, 0.1) is 19.4 Å². The molecule has 17 heavy (non-hydrogen) atoms. The predicted molar refractivity (Wildman–Crippen MR) is 62.2 cm³/mol. The summed E-state index contributed by atoms with van der Waals surface area (Å²) in [7, 11) is 1.84. The van der Waals surface area contributed by atoms with E-state index >= 15 is 0 Å². The Kier molecular flexibility index (Phi) is 2.46. The smallest absolute Gasteiger partial charge is 0.107 e. The maximum absolute atomic E-state index is 10.2. The molecule has 1 aromatic carbocycles. The van der Waals surface area contributed by atoms with Gasteiger partial charge >= 0.3 is 0 Å². The quantitative estimate of drug-likeness (QED) is 0.851. The standard InChI is InChI=1S/C13H14N2O2/c1-15-6-12(5-14-15)13(16)9-2-3-10-7-17-8-11(10)4-9/h2-6,13,16H,7-8H2,1H3. The Hall–Kier alpha value is -1.65. The Balaban J connectivity index is 1.94. The van der Waals surface area contributed by atoms with Crippen molar-refractivity contribution >= 4 is 0 Å². The van der Waals surface area contributed by atoms with Crippen LogP contribution in [-0.2, 0) is 25.0 Å². The molecule has 1 unspecified atom stereocenters. The van der Waals surface area contributed by atoms with Gasteiger partial charge < -0.3 is 9.84 Å². The first-order valence-corrected chi connectivity index (χ1v) is 5.60. The molecule has 4 nitrogen and oxygen atoms in total. The van der Waals surface area contributed by atoms with Gasteiger partial charge in [0, 0.05) is 18.8 Å². The summed E-state index contributed by atoms with van der Waals surface area (Å²) < 4.78 is 7.05. The van der Waals surface area contributed by atoms with Gasteiger partial charge in [-0.2, -0.15) is 5.10 Å². The van der Waals surface area contributed by atoms with Gasteiger partial charge in [-0.3, -0.25) is 4.68 Å². The largest absolute Gasteiger partial charge is 0.384 e. The Bertz CT molecular complexity index is 548. The van der Waals surface area contributed by atoms with Crippen molar-refractivity contribution in [3.8, 4) is 0 Å². The van der Waals surface area contributed by atoms with Crippen molar-refractivity contribution in [3.05, 3.63) is 52.8 Å². The number of benzene rings is 1. The van der Waals surface area contributed by atoms with Crippen LogP contribution in [0.4, 0.5) is 0 Å². The molecular weight excluding hydrogens is 216 g/mol.